The van der Waals surface area contributed by atoms with Gasteiger partial charge in [0, 0.05) is 27.0 Å². The molecule has 1 amide bonds. The molecule has 1 fully saturated rings. The van der Waals surface area contributed by atoms with Crippen molar-refractivity contribution in [1.29, 1.82) is 0 Å². The predicted molar refractivity (Wildman–Crippen MR) is 123 cm³/mol. The normalized spacial score (nSPS) is 25.4. The first-order valence-electron chi connectivity index (χ1n) is 10.7. The van der Waals surface area contributed by atoms with E-state index in [0.29, 0.717) is 27.7 Å². The van der Waals surface area contributed by atoms with Gasteiger partial charge in [0.15, 0.2) is 28.7 Å². The van der Waals surface area contributed by atoms with Crippen molar-refractivity contribution in [3.05, 3.63) is 6.20 Å². The first kappa shape index (κ1) is 24.7. The van der Waals surface area contributed by atoms with E-state index >= 15 is 0 Å². The minimum Gasteiger partial charge on any atom is -0.463 e. The van der Waals surface area contributed by atoms with Crippen LogP contribution in [0.4, 0.5) is 11.5 Å². The van der Waals surface area contributed by atoms with Gasteiger partial charge >= 0.3 is 17.9 Å². The lowest BCUT2D eigenvalue weighted by Gasteiger charge is -2.34. The molecule has 4 rings (SSSR count). The van der Waals surface area contributed by atoms with Gasteiger partial charge in [0.25, 0.3) is 0 Å². The molecule has 4 atom stereocenters. The van der Waals surface area contributed by atoms with Crippen LogP contribution >= 0.6 is 11.8 Å². The standard InChI is InChI=1S/C21H25N5O8S/c1-9(27)31-8-13-16(32-10(2)28)21(4,34-11(3)29)19(33-13)26-7-12-15-17(22-6-14(30)23-12)24-20(35-5)25-18(15)26/h7,13,16,19H,6,8H2,1-5H3,(H,23,30)(H,22,24,25)/t13-,16-,19?,21?/m1/s1. The van der Waals surface area contributed by atoms with Crippen LogP contribution in [0.15, 0.2) is 11.4 Å². The number of carbonyl (C=O) groups is 4. The van der Waals surface area contributed by atoms with Crippen molar-refractivity contribution < 1.29 is 38.1 Å². The zero-order valence-electron chi connectivity index (χ0n) is 19.7. The number of aromatic nitrogens is 3. The molecule has 0 aliphatic carbocycles. The molecule has 13 nitrogen and oxygen atoms in total. The summed E-state index contributed by atoms with van der Waals surface area (Å²) in [5.74, 6) is -1.66. The van der Waals surface area contributed by atoms with Crippen LogP contribution in [-0.2, 0) is 38.1 Å². The molecule has 2 aromatic rings. The van der Waals surface area contributed by atoms with Crippen molar-refractivity contribution in [2.75, 3.05) is 30.0 Å². The van der Waals surface area contributed by atoms with Crippen LogP contribution in [-0.4, -0.2) is 75.6 Å². The van der Waals surface area contributed by atoms with E-state index in [-0.39, 0.29) is 19.1 Å². The SMILES string of the molecule is CSc1nc2c3c(cn(C4O[C@H](COC(C)=O)[C@@H](OC(C)=O)C4(C)OC(C)=O)c3n1)NC(=O)CN2. The third kappa shape index (κ3) is 4.62. The Hall–Kier alpha value is -3.39. The van der Waals surface area contributed by atoms with Gasteiger partial charge in [-0.25, -0.2) is 9.97 Å². The lowest BCUT2D eigenvalue weighted by atomic mass is 9.95. The molecule has 188 valence electrons. The minimum absolute atomic E-state index is 0.0265. The number of nitrogens with zero attached hydrogens (tertiary/aromatic N) is 3. The number of anilines is 2. The Labute approximate surface area is 204 Å². The number of thioether (sulfide) groups is 1. The highest BCUT2D eigenvalue weighted by molar-refractivity contribution is 7.98. The lowest BCUT2D eigenvalue weighted by molar-refractivity contribution is -0.184. The van der Waals surface area contributed by atoms with Crippen LogP contribution in [0.5, 0.6) is 0 Å². The highest BCUT2D eigenvalue weighted by Gasteiger charge is 2.60. The number of hydrogen-bond acceptors (Lipinski definition) is 12. The van der Waals surface area contributed by atoms with Crippen LogP contribution in [0.2, 0.25) is 0 Å². The van der Waals surface area contributed by atoms with Gasteiger partial charge in [-0.2, -0.15) is 0 Å². The van der Waals surface area contributed by atoms with E-state index in [2.05, 4.69) is 20.6 Å². The highest BCUT2D eigenvalue weighted by Crippen LogP contribution is 2.46. The fraction of sp³-hybridized carbons (Fsp3) is 0.524. The van der Waals surface area contributed by atoms with Crippen molar-refractivity contribution in [2.24, 2.45) is 0 Å². The molecule has 2 unspecified atom stereocenters. The summed E-state index contributed by atoms with van der Waals surface area (Å²) < 4.78 is 24.2. The fourth-order valence-electron chi connectivity index (χ4n) is 4.32. The lowest BCUT2D eigenvalue weighted by Crippen LogP contribution is -2.50. The zero-order valence-corrected chi connectivity index (χ0v) is 20.6. The van der Waals surface area contributed by atoms with Gasteiger partial charge in [-0.05, 0) is 13.2 Å². The topological polar surface area (TPSA) is 160 Å². The van der Waals surface area contributed by atoms with Gasteiger partial charge in [0.05, 0.1) is 17.6 Å². The smallest absolute Gasteiger partial charge is 0.303 e. The molecule has 2 N–H and O–H groups in total. The largest absolute Gasteiger partial charge is 0.463 e. The molecule has 0 spiro atoms. The summed E-state index contributed by atoms with van der Waals surface area (Å²) in [6.07, 6.45) is 0.268. The van der Waals surface area contributed by atoms with Crippen LogP contribution in [0.1, 0.15) is 33.9 Å². The molecule has 0 saturated carbocycles. The van der Waals surface area contributed by atoms with Gasteiger partial charge in [-0.1, -0.05) is 11.8 Å². The predicted octanol–water partition coefficient (Wildman–Crippen LogP) is 1.23. The fourth-order valence-corrected chi connectivity index (χ4v) is 4.68. The van der Waals surface area contributed by atoms with Crippen LogP contribution in [0, 0.1) is 0 Å². The molecule has 4 heterocycles. The van der Waals surface area contributed by atoms with E-state index in [1.165, 1.54) is 32.5 Å². The average Bonchev–Trinajstić information content (AvgIpc) is 3.18. The summed E-state index contributed by atoms with van der Waals surface area (Å²) in [4.78, 5) is 56.9. The Morgan fingerprint density at radius 2 is 1.97 bits per heavy atom. The second-order valence-corrected chi connectivity index (χ2v) is 9.02. The number of hydrogen-bond donors (Lipinski definition) is 2. The van der Waals surface area contributed by atoms with Crippen molar-refractivity contribution in [3.63, 3.8) is 0 Å². The Balaban J connectivity index is 1.90. The van der Waals surface area contributed by atoms with E-state index in [4.69, 9.17) is 18.9 Å². The molecular formula is C21H25N5O8S. The summed E-state index contributed by atoms with van der Waals surface area (Å²) in [5.41, 5.74) is -0.724. The molecule has 1 saturated heterocycles. The maximum atomic E-state index is 12.3. The van der Waals surface area contributed by atoms with Gasteiger partial charge in [-0.3, -0.25) is 23.7 Å². The second kappa shape index (κ2) is 9.34. The molecule has 0 aromatic carbocycles. The Bertz CT molecular complexity index is 1220. The van der Waals surface area contributed by atoms with E-state index in [0.717, 1.165) is 0 Å². The molecule has 2 aromatic heterocycles. The van der Waals surface area contributed by atoms with Crippen LogP contribution in [0.25, 0.3) is 11.0 Å². The molecule has 0 radical (unpaired) electrons. The number of amides is 1. The number of esters is 3. The van der Waals surface area contributed by atoms with Crippen LogP contribution < -0.4 is 10.6 Å². The first-order chi connectivity index (χ1) is 16.5. The summed E-state index contributed by atoms with van der Waals surface area (Å²) >= 11 is 1.30. The Kier molecular flexibility index (Phi) is 6.60. The van der Waals surface area contributed by atoms with E-state index in [1.807, 2.05) is 6.26 Å². The Morgan fingerprint density at radius 1 is 1.23 bits per heavy atom. The van der Waals surface area contributed by atoms with Gasteiger partial charge in [-0.15, -0.1) is 0 Å². The third-order valence-electron chi connectivity index (χ3n) is 5.58. The number of carbonyl (C=O) groups excluding carboxylic acids is 4. The number of rotatable bonds is 6. The van der Waals surface area contributed by atoms with E-state index < -0.39 is 41.9 Å². The summed E-state index contributed by atoms with van der Waals surface area (Å²) in [7, 11) is 0. The van der Waals surface area contributed by atoms with Crippen LogP contribution in [0.3, 0.4) is 0 Å². The summed E-state index contributed by atoms with van der Waals surface area (Å²) in [6, 6.07) is 0. The first-order valence-corrected chi connectivity index (χ1v) is 11.9. The number of nitrogens with one attached hydrogen (secondary N) is 2. The highest BCUT2D eigenvalue weighted by atomic mass is 32.2. The van der Waals surface area contributed by atoms with Crippen molar-refractivity contribution >= 4 is 58.1 Å². The average molecular weight is 508 g/mol. The Morgan fingerprint density at radius 3 is 2.60 bits per heavy atom. The minimum atomic E-state index is -1.54. The molecule has 0 bridgehead atoms. The zero-order chi connectivity index (χ0) is 25.5. The van der Waals surface area contributed by atoms with Gasteiger partial charge < -0.3 is 29.6 Å². The van der Waals surface area contributed by atoms with Gasteiger partial charge in [0.1, 0.15) is 18.5 Å². The maximum Gasteiger partial charge on any atom is 0.303 e. The second-order valence-electron chi connectivity index (χ2n) is 8.25. The summed E-state index contributed by atoms with van der Waals surface area (Å²) in [6.45, 7) is 5.01. The van der Waals surface area contributed by atoms with Crippen molar-refractivity contribution in [2.45, 2.75) is 56.9 Å². The third-order valence-corrected chi connectivity index (χ3v) is 6.13. The molecule has 35 heavy (non-hydrogen) atoms. The molecule has 14 heteroatoms. The van der Waals surface area contributed by atoms with E-state index in [1.54, 1.807) is 17.7 Å². The van der Waals surface area contributed by atoms with Crippen molar-refractivity contribution in [1.82, 2.24) is 14.5 Å². The number of ether oxygens (including phenoxy) is 4. The van der Waals surface area contributed by atoms with Gasteiger partial charge in [0.2, 0.25) is 5.91 Å². The molecule has 2 aliphatic heterocycles. The monoisotopic (exact) mass is 507 g/mol. The molecule has 2 aliphatic rings. The van der Waals surface area contributed by atoms with Crippen molar-refractivity contribution in [3.8, 4) is 0 Å². The molecular weight excluding hydrogens is 482 g/mol. The maximum absolute atomic E-state index is 12.3. The van der Waals surface area contributed by atoms with E-state index in [9.17, 15) is 19.2 Å². The quantitative estimate of drug-likeness (QED) is 0.249. The summed E-state index contributed by atoms with van der Waals surface area (Å²) in [5, 5.41) is 6.78.